The third kappa shape index (κ3) is 6.69. The molecule has 0 amide bonds. The van der Waals surface area contributed by atoms with Gasteiger partial charge < -0.3 is 24.0 Å². The SMILES string of the molecule is C=CCOCC(O)CN(Cc1c(-c2ccccc2)noc1N1CCC(C)CC1)CC1CCCO1. The molecule has 0 saturated carbocycles. The molecular formula is C27H39N3O4. The zero-order valence-corrected chi connectivity index (χ0v) is 20.4. The Labute approximate surface area is 203 Å². The average Bonchev–Trinajstić information content (AvgIpc) is 3.50. The Kier molecular flexibility index (Phi) is 9.16. The van der Waals surface area contributed by atoms with Gasteiger partial charge in [-0.2, -0.15) is 0 Å². The number of piperidine rings is 1. The molecule has 2 aliphatic rings. The van der Waals surface area contributed by atoms with Crippen LogP contribution in [0.1, 0.15) is 38.2 Å². The van der Waals surface area contributed by atoms with Crippen molar-refractivity contribution in [2.24, 2.45) is 5.92 Å². The van der Waals surface area contributed by atoms with Crippen molar-refractivity contribution in [1.29, 1.82) is 0 Å². The second kappa shape index (κ2) is 12.5. The topological polar surface area (TPSA) is 71.2 Å². The molecule has 0 radical (unpaired) electrons. The first-order valence-electron chi connectivity index (χ1n) is 12.6. The lowest BCUT2D eigenvalue weighted by Crippen LogP contribution is -2.40. The fourth-order valence-electron chi connectivity index (χ4n) is 4.87. The lowest BCUT2D eigenvalue weighted by Gasteiger charge is -2.32. The van der Waals surface area contributed by atoms with Gasteiger partial charge in [-0.3, -0.25) is 4.90 Å². The molecule has 2 unspecified atom stereocenters. The van der Waals surface area contributed by atoms with Gasteiger partial charge in [0.2, 0.25) is 5.88 Å². The van der Waals surface area contributed by atoms with E-state index in [1.807, 2.05) is 18.2 Å². The van der Waals surface area contributed by atoms with Gasteiger partial charge in [-0.1, -0.05) is 48.5 Å². The summed E-state index contributed by atoms with van der Waals surface area (Å²) < 4.78 is 17.4. The third-order valence-electron chi connectivity index (χ3n) is 6.77. The smallest absolute Gasteiger partial charge is 0.232 e. The third-order valence-corrected chi connectivity index (χ3v) is 6.77. The molecule has 2 aliphatic heterocycles. The predicted molar refractivity (Wildman–Crippen MR) is 134 cm³/mol. The normalized spacial score (nSPS) is 20.2. The van der Waals surface area contributed by atoms with E-state index in [4.69, 9.17) is 14.0 Å². The maximum atomic E-state index is 10.7. The fourth-order valence-corrected chi connectivity index (χ4v) is 4.87. The van der Waals surface area contributed by atoms with E-state index in [9.17, 15) is 5.11 Å². The van der Waals surface area contributed by atoms with Crippen LogP contribution in [0.3, 0.4) is 0 Å². The van der Waals surface area contributed by atoms with Crippen molar-refractivity contribution in [3.8, 4) is 11.3 Å². The molecule has 7 nitrogen and oxygen atoms in total. The number of benzene rings is 1. The zero-order valence-electron chi connectivity index (χ0n) is 20.4. The maximum Gasteiger partial charge on any atom is 0.232 e. The van der Waals surface area contributed by atoms with E-state index in [-0.39, 0.29) is 12.7 Å². The zero-order chi connectivity index (χ0) is 23.8. The molecule has 186 valence electrons. The van der Waals surface area contributed by atoms with Gasteiger partial charge in [0.1, 0.15) is 5.69 Å². The number of ether oxygens (including phenoxy) is 2. The molecule has 7 heteroatoms. The molecule has 1 aromatic heterocycles. The molecule has 4 rings (SSSR count). The van der Waals surface area contributed by atoms with E-state index in [1.165, 1.54) is 0 Å². The van der Waals surface area contributed by atoms with E-state index in [1.54, 1.807) is 6.08 Å². The van der Waals surface area contributed by atoms with Crippen molar-refractivity contribution >= 4 is 5.88 Å². The number of aromatic nitrogens is 1. The van der Waals surface area contributed by atoms with Crippen LogP contribution >= 0.6 is 0 Å². The van der Waals surface area contributed by atoms with Crippen LogP contribution < -0.4 is 4.90 Å². The van der Waals surface area contributed by atoms with Crippen molar-refractivity contribution in [1.82, 2.24) is 10.1 Å². The summed E-state index contributed by atoms with van der Waals surface area (Å²) in [5, 5.41) is 15.2. The first-order valence-corrected chi connectivity index (χ1v) is 12.6. The molecular weight excluding hydrogens is 430 g/mol. The lowest BCUT2D eigenvalue weighted by atomic mass is 9.98. The molecule has 2 atom stereocenters. The summed E-state index contributed by atoms with van der Waals surface area (Å²) in [4.78, 5) is 4.61. The van der Waals surface area contributed by atoms with E-state index in [0.717, 1.165) is 80.5 Å². The summed E-state index contributed by atoms with van der Waals surface area (Å²) >= 11 is 0. The highest BCUT2D eigenvalue weighted by molar-refractivity contribution is 5.68. The number of aliphatic hydroxyl groups excluding tert-OH is 1. The minimum absolute atomic E-state index is 0.181. The van der Waals surface area contributed by atoms with Gasteiger partial charge in [-0.15, -0.1) is 6.58 Å². The van der Waals surface area contributed by atoms with E-state index in [0.29, 0.717) is 19.7 Å². The first kappa shape index (κ1) is 24.9. The van der Waals surface area contributed by atoms with Crippen molar-refractivity contribution in [3.05, 3.63) is 48.6 Å². The standard InChI is InChI=1S/C27H39N3O4/c1-3-15-32-20-23(31)17-29(18-24-10-7-16-33-24)19-25-26(22-8-5-4-6-9-22)28-34-27(25)30-13-11-21(2)12-14-30/h3-6,8-9,21,23-24,31H,1,7,10-20H2,2H3. The highest BCUT2D eigenvalue weighted by Gasteiger charge is 2.29. The van der Waals surface area contributed by atoms with E-state index < -0.39 is 6.10 Å². The molecule has 0 spiro atoms. The molecule has 0 aliphatic carbocycles. The van der Waals surface area contributed by atoms with Crippen molar-refractivity contribution in [3.63, 3.8) is 0 Å². The quantitative estimate of drug-likeness (QED) is 0.370. The number of hydrogen-bond donors (Lipinski definition) is 1. The summed E-state index contributed by atoms with van der Waals surface area (Å²) in [6, 6.07) is 10.2. The van der Waals surface area contributed by atoms with Crippen LogP contribution in [0.5, 0.6) is 0 Å². The van der Waals surface area contributed by atoms with Gasteiger partial charge in [0, 0.05) is 44.9 Å². The van der Waals surface area contributed by atoms with Crippen LogP contribution in [-0.4, -0.2) is 73.4 Å². The number of aliphatic hydroxyl groups is 1. The minimum atomic E-state index is -0.597. The van der Waals surface area contributed by atoms with Crippen LogP contribution in [0.15, 0.2) is 47.5 Å². The van der Waals surface area contributed by atoms with Crippen molar-refractivity contribution in [2.75, 3.05) is 50.9 Å². The average molecular weight is 470 g/mol. The number of nitrogens with zero attached hydrogens (tertiary/aromatic N) is 3. The van der Waals surface area contributed by atoms with Crippen LogP contribution in [0.4, 0.5) is 5.88 Å². The molecule has 0 bridgehead atoms. The molecule has 2 aromatic rings. The van der Waals surface area contributed by atoms with Crippen molar-refractivity contribution in [2.45, 2.75) is 51.4 Å². The Morgan fingerprint density at radius 1 is 1.26 bits per heavy atom. The number of hydrogen-bond acceptors (Lipinski definition) is 7. The summed E-state index contributed by atoms with van der Waals surface area (Å²) in [6.07, 6.45) is 5.72. The van der Waals surface area contributed by atoms with Gasteiger partial charge >= 0.3 is 0 Å². The van der Waals surface area contributed by atoms with Crippen LogP contribution in [0.2, 0.25) is 0 Å². The monoisotopic (exact) mass is 469 g/mol. The van der Waals surface area contributed by atoms with E-state index in [2.05, 4.69) is 40.6 Å². The first-order chi connectivity index (χ1) is 16.6. The Bertz CT molecular complexity index is 873. The van der Waals surface area contributed by atoms with Crippen LogP contribution in [-0.2, 0) is 16.0 Å². The Morgan fingerprint density at radius 3 is 2.76 bits per heavy atom. The summed E-state index contributed by atoms with van der Waals surface area (Å²) in [6.45, 7) is 11.3. The summed E-state index contributed by atoms with van der Waals surface area (Å²) in [5.74, 6) is 1.60. The Morgan fingerprint density at radius 2 is 2.06 bits per heavy atom. The van der Waals surface area contributed by atoms with Gasteiger partial charge in [-0.05, 0) is 31.6 Å². The lowest BCUT2D eigenvalue weighted by molar-refractivity contribution is 0.00859. The van der Waals surface area contributed by atoms with E-state index >= 15 is 0 Å². The second-order valence-corrected chi connectivity index (χ2v) is 9.66. The number of anilines is 1. The largest absolute Gasteiger partial charge is 0.389 e. The maximum absolute atomic E-state index is 10.7. The second-order valence-electron chi connectivity index (χ2n) is 9.66. The van der Waals surface area contributed by atoms with Gasteiger partial charge in [-0.25, -0.2) is 0 Å². The van der Waals surface area contributed by atoms with Crippen molar-refractivity contribution < 1.29 is 19.1 Å². The molecule has 2 fully saturated rings. The minimum Gasteiger partial charge on any atom is -0.389 e. The molecule has 1 aromatic carbocycles. The molecule has 2 saturated heterocycles. The van der Waals surface area contributed by atoms with Gasteiger partial charge in [0.25, 0.3) is 0 Å². The van der Waals surface area contributed by atoms with Crippen LogP contribution in [0, 0.1) is 5.92 Å². The highest BCUT2D eigenvalue weighted by atomic mass is 16.5. The molecule has 1 N–H and O–H groups in total. The van der Waals surface area contributed by atoms with Gasteiger partial charge in [0.05, 0.1) is 31.0 Å². The van der Waals surface area contributed by atoms with Crippen LogP contribution in [0.25, 0.3) is 11.3 Å². The van der Waals surface area contributed by atoms with Gasteiger partial charge in [0.15, 0.2) is 0 Å². The predicted octanol–water partition coefficient (Wildman–Crippen LogP) is 4.12. The summed E-state index contributed by atoms with van der Waals surface area (Å²) in [5.41, 5.74) is 3.01. The number of rotatable bonds is 12. The molecule has 34 heavy (non-hydrogen) atoms. The Balaban J connectivity index is 1.58. The Hall–Kier alpha value is -2.19. The highest BCUT2D eigenvalue weighted by Crippen LogP contribution is 2.34. The molecule has 3 heterocycles. The summed E-state index contributed by atoms with van der Waals surface area (Å²) in [7, 11) is 0. The fraction of sp³-hybridized carbons (Fsp3) is 0.593.